The van der Waals surface area contributed by atoms with Crippen molar-refractivity contribution in [2.24, 2.45) is 5.92 Å². The number of ether oxygens (including phenoxy) is 1. The van der Waals surface area contributed by atoms with E-state index in [4.69, 9.17) is 4.74 Å². The molecule has 178 valence electrons. The maximum absolute atomic E-state index is 13.4. The number of nitrogens with zero attached hydrogens (tertiary/aromatic N) is 5. The third-order valence-corrected chi connectivity index (χ3v) is 7.06. The maximum atomic E-state index is 13.4. The lowest BCUT2D eigenvalue weighted by Crippen LogP contribution is -2.51. The highest BCUT2D eigenvalue weighted by molar-refractivity contribution is 8.00. The molecule has 0 bridgehead atoms. The second-order valence-corrected chi connectivity index (χ2v) is 9.94. The van der Waals surface area contributed by atoms with Gasteiger partial charge in [-0.15, -0.1) is 10.2 Å². The van der Waals surface area contributed by atoms with Crippen LogP contribution >= 0.6 is 11.8 Å². The Morgan fingerprint density at radius 3 is 2.52 bits per heavy atom. The minimum Gasteiger partial charge on any atom is -0.379 e. The quantitative estimate of drug-likeness (QED) is 0.558. The molecule has 0 saturated carbocycles. The zero-order chi connectivity index (χ0) is 24.0. The first-order valence-corrected chi connectivity index (χ1v) is 12.0. The van der Waals surface area contributed by atoms with Crippen LogP contribution in [0.3, 0.4) is 0 Å². The largest absolute Gasteiger partial charge is 0.379 e. The Bertz CT molecular complexity index is 984. The van der Waals surface area contributed by atoms with Crippen LogP contribution in [-0.2, 0) is 16.1 Å². The Kier molecular flexibility index (Phi) is 8.46. The molecule has 33 heavy (non-hydrogen) atoms. The molecule has 0 aliphatic carbocycles. The van der Waals surface area contributed by atoms with Gasteiger partial charge in [-0.2, -0.15) is 5.26 Å². The summed E-state index contributed by atoms with van der Waals surface area (Å²) in [4.78, 5) is 15.2. The highest BCUT2D eigenvalue weighted by Gasteiger charge is 2.32. The molecule has 0 spiro atoms. The fourth-order valence-corrected chi connectivity index (χ4v) is 4.20. The van der Waals surface area contributed by atoms with Crippen molar-refractivity contribution in [2.75, 3.05) is 32.8 Å². The number of morpholine rings is 1. The first-order valence-electron chi connectivity index (χ1n) is 11.1. The number of halogens is 1. The Morgan fingerprint density at radius 1 is 1.24 bits per heavy atom. The molecule has 2 aromatic rings. The van der Waals surface area contributed by atoms with Crippen LogP contribution in [0.25, 0.3) is 11.4 Å². The Hall–Kier alpha value is -2.48. The fraction of sp³-hybridized carbons (Fsp3) is 0.565. The van der Waals surface area contributed by atoms with Crippen LogP contribution in [0.4, 0.5) is 4.39 Å². The Balaban J connectivity index is 1.80. The molecule has 8 nitrogen and oxygen atoms in total. The van der Waals surface area contributed by atoms with E-state index in [1.54, 1.807) is 26.0 Å². The molecule has 1 saturated heterocycles. The number of amides is 1. The predicted molar refractivity (Wildman–Crippen MR) is 125 cm³/mol. The number of nitriles is 1. The highest BCUT2D eigenvalue weighted by Crippen LogP contribution is 2.28. The third-order valence-electron chi connectivity index (χ3n) is 5.98. The minimum atomic E-state index is -0.949. The van der Waals surface area contributed by atoms with Gasteiger partial charge in [0.2, 0.25) is 5.91 Å². The smallest absolute Gasteiger partial charge is 0.234 e. The van der Waals surface area contributed by atoms with E-state index in [0.29, 0.717) is 30.7 Å². The summed E-state index contributed by atoms with van der Waals surface area (Å²) >= 11 is 1.30. The summed E-state index contributed by atoms with van der Waals surface area (Å²) in [7, 11) is 0. The molecular formula is C23H31FN6O2S. The van der Waals surface area contributed by atoms with E-state index in [1.165, 1.54) is 23.9 Å². The van der Waals surface area contributed by atoms with Crippen LogP contribution in [0.15, 0.2) is 29.4 Å². The zero-order valence-corrected chi connectivity index (χ0v) is 20.4. The SMILES string of the molecule is CC(Sc1nnc(-c2ccc(F)cc2)n1CCN1CCOCC1)C(=O)NC(C)(C#N)C(C)C. The molecular weight excluding hydrogens is 443 g/mol. The molecule has 2 unspecified atom stereocenters. The number of aromatic nitrogens is 3. The van der Waals surface area contributed by atoms with Crippen LogP contribution in [0.1, 0.15) is 27.7 Å². The number of carbonyl (C=O) groups is 1. The summed E-state index contributed by atoms with van der Waals surface area (Å²) in [5, 5.41) is 21.2. The van der Waals surface area contributed by atoms with Crippen molar-refractivity contribution < 1.29 is 13.9 Å². The van der Waals surface area contributed by atoms with Gasteiger partial charge in [0, 0.05) is 31.7 Å². The lowest BCUT2D eigenvalue weighted by Gasteiger charge is -2.28. The minimum absolute atomic E-state index is 0.0362. The number of benzene rings is 1. The van der Waals surface area contributed by atoms with Crippen molar-refractivity contribution in [3.05, 3.63) is 30.1 Å². The number of hydrogen-bond donors (Lipinski definition) is 1. The normalized spacial score (nSPS) is 17.4. The maximum Gasteiger partial charge on any atom is 0.234 e. The monoisotopic (exact) mass is 474 g/mol. The van der Waals surface area contributed by atoms with E-state index in [9.17, 15) is 14.4 Å². The van der Waals surface area contributed by atoms with Gasteiger partial charge in [0.25, 0.3) is 0 Å². The van der Waals surface area contributed by atoms with Crippen LogP contribution < -0.4 is 5.32 Å². The number of carbonyl (C=O) groups excluding carboxylic acids is 1. The first kappa shape index (κ1) is 25.1. The summed E-state index contributed by atoms with van der Waals surface area (Å²) in [6.07, 6.45) is 0. The van der Waals surface area contributed by atoms with Crippen LogP contribution in [0.2, 0.25) is 0 Å². The molecule has 3 rings (SSSR count). The topological polar surface area (TPSA) is 96.1 Å². The van der Waals surface area contributed by atoms with E-state index in [-0.39, 0.29) is 17.6 Å². The first-order chi connectivity index (χ1) is 15.7. The average Bonchev–Trinajstić information content (AvgIpc) is 3.20. The molecule has 1 aliphatic rings. The molecule has 1 N–H and O–H groups in total. The van der Waals surface area contributed by atoms with Crippen molar-refractivity contribution in [1.29, 1.82) is 5.26 Å². The predicted octanol–water partition coefficient (Wildman–Crippen LogP) is 2.95. The van der Waals surface area contributed by atoms with Gasteiger partial charge in [-0.25, -0.2) is 4.39 Å². The van der Waals surface area contributed by atoms with Crippen LogP contribution in [0, 0.1) is 23.1 Å². The molecule has 1 fully saturated rings. The van der Waals surface area contributed by atoms with Gasteiger partial charge in [0.1, 0.15) is 11.4 Å². The van der Waals surface area contributed by atoms with Gasteiger partial charge in [-0.1, -0.05) is 25.6 Å². The van der Waals surface area contributed by atoms with Gasteiger partial charge < -0.3 is 14.6 Å². The molecule has 10 heteroatoms. The number of rotatable bonds is 9. The van der Waals surface area contributed by atoms with Gasteiger partial charge in [-0.05, 0) is 44.0 Å². The summed E-state index contributed by atoms with van der Waals surface area (Å²) in [5.74, 6) is 0.0424. The Labute approximate surface area is 198 Å². The van der Waals surface area contributed by atoms with Gasteiger partial charge in [0.15, 0.2) is 11.0 Å². The zero-order valence-electron chi connectivity index (χ0n) is 19.5. The van der Waals surface area contributed by atoms with E-state index < -0.39 is 10.8 Å². The second-order valence-electron chi connectivity index (χ2n) is 8.64. The van der Waals surface area contributed by atoms with E-state index in [2.05, 4.69) is 26.5 Å². The van der Waals surface area contributed by atoms with E-state index in [1.807, 2.05) is 18.4 Å². The van der Waals surface area contributed by atoms with Crippen molar-refractivity contribution in [3.8, 4) is 17.5 Å². The molecule has 1 aliphatic heterocycles. The lowest BCUT2D eigenvalue weighted by molar-refractivity contribution is -0.121. The summed E-state index contributed by atoms with van der Waals surface area (Å²) < 4.78 is 20.9. The standard InChI is InChI=1S/C23H31FN6O2S/c1-16(2)23(4,15-25)26-21(31)17(3)33-22-28-27-20(18-5-7-19(24)8-6-18)30(22)10-9-29-11-13-32-14-12-29/h5-8,16-17H,9-14H2,1-4H3,(H,26,31). The average molecular weight is 475 g/mol. The molecule has 1 amide bonds. The number of hydrogen-bond acceptors (Lipinski definition) is 7. The van der Waals surface area contributed by atoms with Gasteiger partial charge >= 0.3 is 0 Å². The van der Waals surface area contributed by atoms with Crippen molar-refractivity contribution in [1.82, 2.24) is 25.0 Å². The molecule has 1 aromatic carbocycles. The summed E-state index contributed by atoms with van der Waals surface area (Å²) in [6.45, 7) is 11.9. The molecule has 2 heterocycles. The number of thioether (sulfide) groups is 1. The second kappa shape index (κ2) is 11.1. The van der Waals surface area contributed by atoms with Gasteiger partial charge in [-0.3, -0.25) is 9.69 Å². The van der Waals surface area contributed by atoms with E-state index >= 15 is 0 Å². The molecule has 2 atom stereocenters. The number of nitrogens with one attached hydrogen (secondary N) is 1. The van der Waals surface area contributed by atoms with E-state index in [0.717, 1.165) is 25.2 Å². The van der Waals surface area contributed by atoms with Crippen molar-refractivity contribution in [3.63, 3.8) is 0 Å². The lowest BCUT2D eigenvalue weighted by atomic mass is 9.90. The van der Waals surface area contributed by atoms with Crippen molar-refractivity contribution in [2.45, 2.75) is 50.2 Å². The van der Waals surface area contributed by atoms with Gasteiger partial charge in [0.05, 0.1) is 24.5 Å². The fourth-order valence-electron chi connectivity index (χ4n) is 3.33. The third kappa shape index (κ3) is 6.31. The van der Waals surface area contributed by atoms with Crippen LogP contribution in [0.5, 0.6) is 0 Å². The van der Waals surface area contributed by atoms with Crippen LogP contribution in [-0.4, -0.2) is 69.2 Å². The summed E-state index contributed by atoms with van der Waals surface area (Å²) in [6, 6.07) is 8.35. The van der Waals surface area contributed by atoms with Crippen molar-refractivity contribution >= 4 is 17.7 Å². The Morgan fingerprint density at radius 2 is 1.91 bits per heavy atom. The summed E-state index contributed by atoms with van der Waals surface area (Å²) in [5.41, 5.74) is -0.193. The molecule has 0 radical (unpaired) electrons. The highest BCUT2D eigenvalue weighted by atomic mass is 32.2. The molecule has 1 aromatic heterocycles.